The summed E-state index contributed by atoms with van der Waals surface area (Å²) in [7, 11) is 0. The van der Waals surface area contributed by atoms with Crippen LogP contribution in [0.25, 0.3) is 0 Å². The number of rotatable bonds is 3. The van der Waals surface area contributed by atoms with Crippen molar-refractivity contribution in [2.45, 2.75) is 24.6 Å². The van der Waals surface area contributed by atoms with Crippen molar-refractivity contribution < 1.29 is 0 Å². The molecule has 1 fully saturated rings. The fraction of sp³-hybridized carbons (Fsp3) is 0.545. The Kier molecular flexibility index (Phi) is 3.87. The Hall–Kier alpha value is -0.280. The zero-order valence-electron chi connectivity index (χ0n) is 8.42. The molecule has 1 aliphatic rings. The van der Waals surface area contributed by atoms with Crippen LogP contribution in [0.3, 0.4) is 0 Å². The number of nitrogens with one attached hydrogen (secondary N) is 1. The molecule has 1 saturated carbocycles. The third kappa shape index (κ3) is 3.08. The van der Waals surface area contributed by atoms with E-state index in [2.05, 4.69) is 26.2 Å². The van der Waals surface area contributed by atoms with E-state index in [-0.39, 0.29) is 0 Å². The summed E-state index contributed by atoms with van der Waals surface area (Å²) in [5.41, 5.74) is 0. The Morgan fingerprint density at radius 3 is 3.07 bits per heavy atom. The van der Waals surface area contributed by atoms with Gasteiger partial charge in [-0.3, -0.25) is 0 Å². The van der Waals surface area contributed by atoms with Gasteiger partial charge in [-0.15, -0.1) is 11.6 Å². The first-order chi connectivity index (χ1) is 7.25. The maximum absolute atomic E-state index is 6.07. The second-order valence-corrected chi connectivity index (χ2v) is 5.46. The highest BCUT2D eigenvalue weighted by Gasteiger charge is 2.22. The maximum Gasteiger partial charge on any atom is 0.140 e. The molecule has 4 heteroatoms. The van der Waals surface area contributed by atoms with Crippen molar-refractivity contribution in [2.24, 2.45) is 5.92 Å². The molecule has 0 bridgehead atoms. The van der Waals surface area contributed by atoms with Crippen LogP contribution in [-0.4, -0.2) is 16.9 Å². The predicted molar refractivity (Wildman–Crippen MR) is 67.4 cm³/mol. The molecular weight excluding hydrogens is 275 g/mol. The van der Waals surface area contributed by atoms with Gasteiger partial charge in [0.1, 0.15) is 5.82 Å². The third-order valence-corrected chi connectivity index (χ3v) is 3.83. The highest BCUT2D eigenvalue weighted by molar-refractivity contribution is 9.10. The van der Waals surface area contributed by atoms with E-state index in [4.69, 9.17) is 11.6 Å². The molecule has 0 aromatic carbocycles. The summed E-state index contributed by atoms with van der Waals surface area (Å²) in [6.07, 6.45) is 5.30. The Balaban J connectivity index is 1.86. The van der Waals surface area contributed by atoms with Crippen LogP contribution in [0.4, 0.5) is 5.82 Å². The van der Waals surface area contributed by atoms with Crippen LogP contribution in [0, 0.1) is 5.92 Å². The monoisotopic (exact) mass is 288 g/mol. The van der Waals surface area contributed by atoms with E-state index in [1.54, 1.807) is 6.20 Å². The summed E-state index contributed by atoms with van der Waals surface area (Å²) in [6.45, 7) is 0.971. The molecule has 0 saturated heterocycles. The molecule has 0 radical (unpaired) electrons. The van der Waals surface area contributed by atoms with Crippen LogP contribution in [0.1, 0.15) is 19.3 Å². The summed E-state index contributed by atoms with van der Waals surface area (Å²) in [5.74, 6) is 1.62. The number of alkyl halides is 1. The number of hydrogen-bond donors (Lipinski definition) is 1. The minimum Gasteiger partial charge on any atom is -0.369 e. The van der Waals surface area contributed by atoms with Crippen molar-refractivity contribution in [1.29, 1.82) is 0 Å². The second kappa shape index (κ2) is 5.17. The van der Waals surface area contributed by atoms with E-state index in [1.807, 2.05) is 12.1 Å². The lowest BCUT2D eigenvalue weighted by Crippen LogP contribution is -2.12. The molecule has 1 heterocycles. The Morgan fingerprint density at radius 1 is 1.53 bits per heavy atom. The fourth-order valence-electron chi connectivity index (χ4n) is 1.96. The van der Waals surface area contributed by atoms with Crippen molar-refractivity contribution in [2.75, 3.05) is 11.9 Å². The number of anilines is 1. The Bertz CT molecular complexity index is 332. The summed E-state index contributed by atoms with van der Waals surface area (Å²) in [6, 6.07) is 3.91. The highest BCUT2D eigenvalue weighted by atomic mass is 79.9. The number of pyridine rings is 1. The van der Waals surface area contributed by atoms with Crippen molar-refractivity contribution in [3.8, 4) is 0 Å². The lowest BCUT2D eigenvalue weighted by atomic mass is 10.1. The highest BCUT2D eigenvalue weighted by Crippen LogP contribution is 2.30. The van der Waals surface area contributed by atoms with Gasteiger partial charge >= 0.3 is 0 Å². The van der Waals surface area contributed by atoms with Crippen molar-refractivity contribution in [3.05, 3.63) is 22.8 Å². The molecule has 2 unspecified atom stereocenters. The van der Waals surface area contributed by atoms with Gasteiger partial charge in [-0.25, -0.2) is 4.98 Å². The van der Waals surface area contributed by atoms with Crippen molar-refractivity contribution in [1.82, 2.24) is 4.98 Å². The largest absolute Gasteiger partial charge is 0.369 e. The van der Waals surface area contributed by atoms with Gasteiger partial charge in [-0.1, -0.05) is 0 Å². The number of hydrogen-bond acceptors (Lipinski definition) is 2. The Morgan fingerprint density at radius 2 is 2.40 bits per heavy atom. The van der Waals surface area contributed by atoms with Gasteiger partial charge in [0.15, 0.2) is 0 Å². The second-order valence-electron chi connectivity index (χ2n) is 3.99. The standard InChI is InChI=1S/C11H14BrClN2/c12-10-2-1-5-14-11(10)15-7-8-3-4-9(13)6-8/h1-2,5,8-9H,3-4,6-7H2,(H,14,15). The minimum absolute atomic E-state index is 0.379. The average molecular weight is 290 g/mol. The van der Waals surface area contributed by atoms with E-state index in [9.17, 15) is 0 Å². The summed E-state index contributed by atoms with van der Waals surface area (Å²) in [4.78, 5) is 4.27. The zero-order valence-corrected chi connectivity index (χ0v) is 10.8. The first-order valence-corrected chi connectivity index (χ1v) is 6.47. The number of nitrogens with zero attached hydrogens (tertiary/aromatic N) is 1. The predicted octanol–water partition coefficient (Wildman–Crippen LogP) is 3.66. The smallest absolute Gasteiger partial charge is 0.140 e. The molecule has 15 heavy (non-hydrogen) atoms. The SMILES string of the molecule is ClC1CCC(CNc2ncccc2Br)C1. The molecular formula is C11H14BrClN2. The topological polar surface area (TPSA) is 24.9 Å². The van der Waals surface area contributed by atoms with E-state index in [0.29, 0.717) is 11.3 Å². The van der Waals surface area contributed by atoms with E-state index in [1.165, 1.54) is 6.42 Å². The molecule has 2 rings (SSSR count). The van der Waals surface area contributed by atoms with E-state index in [0.717, 1.165) is 29.7 Å². The van der Waals surface area contributed by atoms with Crippen LogP contribution in [0.5, 0.6) is 0 Å². The summed E-state index contributed by atoms with van der Waals surface area (Å²) in [5, 5.41) is 3.74. The van der Waals surface area contributed by atoms with Gasteiger partial charge in [0.05, 0.1) is 4.47 Å². The van der Waals surface area contributed by atoms with Gasteiger partial charge in [-0.2, -0.15) is 0 Å². The molecule has 0 spiro atoms. The van der Waals surface area contributed by atoms with E-state index >= 15 is 0 Å². The quantitative estimate of drug-likeness (QED) is 0.859. The molecule has 1 aromatic rings. The van der Waals surface area contributed by atoms with Crippen molar-refractivity contribution >= 4 is 33.3 Å². The number of aromatic nitrogens is 1. The average Bonchev–Trinajstić information content (AvgIpc) is 2.63. The zero-order chi connectivity index (χ0) is 10.7. The lowest BCUT2D eigenvalue weighted by Gasteiger charge is -2.12. The van der Waals surface area contributed by atoms with Gasteiger partial charge < -0.3 is 5.32 Å². The van der Waals surface area contributed by atoms with Gasteiger partial charge in [-0.05, 0) is 53.2 Å². The molecule has 1 aromatic heterocycles. The van der Waals surface area contributed by atoms with Crippen molar-refractivity contribution in [3.63, 3.8) is 0 Å². The van der Waals surface area contributed by atoms with Crippen LogP contribution in [0.15, 0.2) is 22.8 Å². The molecule has 2 atom stereocenters. The number of halogens is 2. The normalized spacial score (nSPS) is 25.5. The first-order valence-electron chi connectivity index (χ1n) is 5.24. The summed E-state index contributed by atoms with van der Waals surface area (Å²) >= 11 is 9.53. The van der Waals surface area contributed by atoms with Crippen LogP contribution >= 0.6 is 27.5 Å². The molecule has 82 valence electrons. The van der Waals surface area contributed by atoms with Gasteiger partial charge in [0.25, 0.3) is 0 Å². The lowest BCUT2D eigenvalue weighted by molar-refractivity contribution is 0.579. The van der Waals surface area contributed by atoms with Crippen LogP contribution in [0.2, 0.25) is 0 Å². The third-order valence-electron chi connectivity index (χ3n) is 2.79. The molecule has 1 aliphatic carbocycles. The molecule has 0 aliphatic heterocycles. The fourth-order valence-corrected chi connectivity index (χ4v) is 2.73. The van der Waals surface area contributed by atoms with Crippen LogP contribution < -0.4 is 5.32 Å². The molecule has 1 N–H and O–H groups in total. The minimum atomic E-state index is 0.379. The van der Waals surface area contributed by atoms with Crippen LogP contribution in [-0.2, 0) is 0 Å². The van der Waals surface area contributed by atoms with E-state index < -0.39 is 0 Å². The Labute approximate surface area is 104 Å². The first kappa shape index (κ1) is 11.2. The molecule has 0 amide bonds. The maximum atomic E-state index is 6.07. The van der Waals surface area contributed by atoms with Gasteiger partial charge in [0.2, 0.25) is 0 Å². The molecule has 2 nitrogen and oxygen atoms in total. The summed E-state index contributed by atoms with van der Waals surface area (Å²) < 4.78 is 1.02. The van der Waals surface area contributed by atoms with Gasteiger partial charge in [0, 0.05) is 18.1 Å².